The first kappa shape index (κ1) is 14.0. The Hall–Kier alpha value is -2.00. The van der Waals surface area contributed by atoms with E-state index in [-0.39, 0.29) is 0 Å². The Bertz CT molecular complexity index is 597. The molecule has 0 aliphatic carbocycles. The molecule has 3 rings (SSSR count). The molecule has 1 aliphatic rings. The average molecular weight is 282 g/mol. The van der Waals surface area contributed by atoms with Crippen molar-refractivity contribution in [2.24, 2.45) is 0 Å². The summed E-state index contributed by atoms with van der Waals surface area (Å²) in [7, 11) is 0. The lowest BCUT2D eigenvalue weighted by Crippen LogP contribution is -2.28. The second-order valence-electron chi connectivity index (χ2n) is 5.53. The van der Waals surface area contributed by atoms with Gasteiger partial charge >= 0.3 is 0 Å². The number of aryl methyl sites for hydroxylation is 1. The van der Waals surface area contributed by atoms with Gasteiger partial charge in [-0.25, -0.2) is 0 Å². The summed E-state index contributed by atoms with van der Waals surface area (Å²) in [4.78, 5) is 2.46. The highest BCUT2D eigenvalue weighted by atomic mass is 16.5. The van der Waals surface area contributed by atoms with Crippen LogP contribution in [0.4, 0.5) is 5.69 Å². The number of nitrogens with zero attached hydrogens (tertiary/aromatic N) is 1. The third kappa shape index (κ3) is 3.56. The summed E-state index contributed by atoms with van der Waals surface area (Å²) in [5.74, 6) is 0.785. The molecular formula is C18H22N2O. The third-order valence-electron chi connectivity index (χ3n) is 4.02. The van der Waals surface area contributed by atoms with Crippen molar-refractivity contribution in [2.45, 2.75) is 19.4 Å². The minimum absolute atomic E-state index is 0.677. The molecule has 0 unspecified atom stereocenters. The number of nitrogen functional groups attached to an aromatic ring is 1. The van der Waals surface area contributed by atoms with Gasteiger partial charge in [-0.1, -0.05) is 36.4 Å². The van der Waals surface area contributed by atoms with Gasteiger partial charge in [-0.15, -0.1) is 0 Å². The molecule has 2 N–H and O–H groups in total. The Kier molecular flexibility index (Phi) is 4.41. The fourth-order valence-electron chi connectivity index (χ4n) is 2.86. The van der Waals surface area contributed by atoms with Crippen LogP contribution in [0.3, 0.4) is 0 Å². The number of para-hydroxylation sites is 2. The molecule has 0 bridgehead atoms. The van der Waals surface area contributed by atoms with Gasteiger partial charge in [0.25, 0.3) is 0 Å². The van der Waals surface area contributed by atoms with Crippen LogP contribution in [0.25, 0.3) is 0 Å². The van der Waals surface area contributed by atoms with E-state index in [4.69, 9.17) is 10.5 Å². The molecule has 110 valence electrons. The van der Waals surface area contributed by atoms with Crippen molar-refractivity contribution in [1.29, 1.82) is 0 Å². The molecule has 0 aromatic heterocycles. The maximum Gasteiger partial charge on any atom is 0.142 e. The van der Waals surface area contributed by atoms with E-state index in [0.29, 0.717) is 12.3 Å². The topological polar surface area (TPSA) is 38.5 Å². The molecule has 3 nitrogen and oxygen atoms in total. The molecule has 0 saturated heterocycles. The molecule has 2 aromatic rings. The number of hydrogen-bond donors (Lipinski definition) is 1. The Morgan fingerprint density at radius 1 is 1.00 bits per heavy atom. The lowest BCUT2D eigenvalue weighted by molar-refractivity contribution is 0.205. The first-order chi connectivity index (χ1) is 10.3. The van der Waals surface area contributed by atoms with Crippen LogP contribution >= 0.6 is 0 Å². The van der Waals surface area contributed by atoms with Gasteiger partial charge in [0, 0.05) is 13.1 Å². The Balaban J connectivity index is 1.55. The van der Waals surface area contributed by atoms with Crippen molar-refractivity contribution in [3.05, 3.63) is 59.7 Å². The fraction of sp³-hybridized carbons (Fsp3) is 0.333. The molecule has 0 fully saturated rings. The van der Waals surface area contributed by atoms with E-state index in [1.165, 1.54) is 24.0 Å². The molecule has 3 heteroatoms. The van der Waals surface area contributed by atoms with Gasteiger partial charge in [0.05, 0.1) is 5.69 Å². The van der Waals surface area contributed by atoms with Crippen molar-refractivity contribution >= 4 is 5.69 Å². The zero-order valence-corrected chi connectivity index (χ0v) is 12.3. The monoisotopic (exact) mass is 282 g/mol. The highest BCUT2D eigenvalue weighted by Crippen LogP contribution is 2.21. The van der Waals surface area contributed by atoms with E-state index < -0.39 is 0 Å². The number of hydrogen-bond acceptors (Lipinski definition) is 3. The lowest BCUT2D eigenvalue weighted by Gasteiger charge is -2.20. The number of fused-ring (bicyclic) bond motifs is 1. The summed E-state index contributed by atoms with van der Waals surface area (Å²) in [5.41, 5.74) is 9.54. The van der Waals surface area contributed by atoms with Gasteiger partial charge in [-0.3, -0.25) is 4.90 Å². The molecule has 1 heterocycles. The quantitative estimate of drug-likeness (QED) is 0.876. The van der Waals surface area contributed by atoms with E-state index in [1.54, 1.807) is 0 Å². The van der Waals surface area contributed by atoms with Crippen LogP contribution in [0.2, 0.25) is 0 Å². The second kappa shape index (κ2) is 6.64. The number of anilines is 1. The predicted molar refractivity (Wildman–Crippen MR) is 86.4 cm³/mol. The van der Waals surface area contributed by atoms with Gasteiger partial charge in [0.2, 0.25) is 0 Å². The van der Waals surface area contributed by atoms with Crippen LogP contribution in [0.1, 0.15) is 17.5 Å². The highest BCUT2D eigenvalue weighted by molar-refractivity contribution is 5.51. The molecule has 0 saturated carbocycles. The zero-order valence-electron chi connectivity index (χ0n) is 12.3. The fourth-order valence-corrected chi connectivity index (χ4v) is 2.86. The van der Waals surface area contributed by atoms with Crippen molar-refractivity contribution in [3.8, 4) is 5.75 Å². The van der Waals surface area contributed by atoms with Crippen LogP contribution in [0.5, 0.6) is 5.75 Å². The van der Waals surface area contributed by atoms with Gasteiger partial charge < -0.3 is 10.5 Å². The number of rotatable bonds is 4. The lowest BCUT2D eigenvalue weighted by atomic mass is 10.0. The van der Waals surface area contributed by atoms with Gasteiger partial charge in [0.1, 0.15) is 12.4 Å². The smallest absolute Gasteiger partial charge is 0.142 e. The van der Waals surface area contributed by atoms with E-state index in [2.05, 4.69) is 29.2 Å². The van der Waals surface area contributed by atoms with Crippen LogP contribution < -0.4 is 10.5 Å². The molecule has 0 radical (unpaired) electrons. The Labute approximate surface area is 126 Å². The normalized spacial score (nSPS) is 15.2. The summed E-state index contributed by atoms with van der Waals surface area (Å²) in [6.45, 7) is 3.76. The Morgan fingerprint density at radius 2 is 1.76 bits per heavy atom. The molecule has 1 aliphatic heterocycles. The second-order valence-corrected chi connectivity index (χ2v) is 5.53. The standard InChI is InChI=1S/C18H22N2O/c19-17-9-3-4-10-18(17)21-13-12-20-11-5-8-15-6-1-2-7-16(15)14-20/h1-4,6-7,9-10H,5,8,11-14,19H2. The van der Waals surface area contributed by atoms with E-state index >= 15 is 0 Å². The molecule has 0 spiro atoms. The van der Waals surface area contributed by atoms with Crippen LogP contribution in [0, 0.1) is 0 Å². The predicted octanol–water partition coefficient (Wildman–Crippen LogP) is 3.10. The summed E-state index contributed by atoms with van der Waals surface area (Å²) < 4.78 is 5.80. The average Bonchev–Trinajstić information content (AvgIpc) is 2.71. The molecule has 2 aromatic carbocycles. The third-order valence-corrected chi connectivity index (χ3v) is 4.02. The summed E-state index contributed by atoms with van der Waals surface area (Å²) >= 11 is 0. The maximum atomic E-state index is 5.89. The molecule has 21 heavy (non-hydrogen) atoms. The minimum atomic E-state index is 0.677. The van der Waals surface area contributed by atoms with Gasteiger partial charge in [-0.2, -0.15) is 0 Å². The van der Waals surface area contributed by atoms with E-state index in [9.17, 15) is 0 Å². The molecule has 0 atom stereocenters. The van der Waals surface area contributed by atoms with Crippen molar-refractivity contribution in [2.75, 3.05) is 25.4 Å². The maximum absolute atomic E-state index is 5.89. The number of nitrogens with two attached hydrogens (primary N) is 1. The summed E-state index contributed by atoms with van der Waals surface area (Å²) in [6, 6.07) is 16.4. The zero-order chi connectivity index (χ0) is 14.5. The number of benzene rings is 2. The SMILES string of the molecule is Nc1ccccc1OCCN1CCCc2ccccc2C1. The minimum Gasteiger partial charge on any atom is -0.490 e. The van der Waals surface area contributed by atoms with Gasteiger partial charge in [-0.05, 0) is 42.6 Å². The molecule has 0 amide bonds. The van der Waals surface area contributed by atoms with E-state index in [1.807, 2.05) is 24.3 Å². The number of ether oxygens (including phenoxy) is 1. The van der Waals surface area contributed by atoms with Crippen LogP contribution in [0.15, 0.2) is 48.5 Å². The first-order valence-corrected chi connectivity index (χ1v) is 7.59. The van der Waals surface area contributed by atoms with Crippen molar-refractivity contribution in [3.63, 3.8) is 0 Å². The largest absolute Gasteiger partial charge is 0.490 e. The van der Waals surface area contributed by atoms with Crippen LogP contribution in [-0.2, 0) is 13.0 Å². The first-order valence-electron chi connectivity index (χ1n) is 7.59. The summed E-state index contributed by atoms with van der Waals surface area (Å²) in [6.07, 6.45) is 2.39. The highest BCUT2D eigenvalue weighted by Gasteiger charge is 2.13. The van der Waals surface area contributed by atoms with Crippen LogP contribution in [-0.4, -0.2) is 24.6 Å². The molecular weight excluding hydrogens is 260 g/mol. The van der Waals surface area contributed by atoms with Crippen molar-refractivity contribution in [1.82, 2.24) is 4.90 Å². The Morgan fingerprint density at radius 3 is 2.62 bits per heavy atom. The van der Waals surface area contributed by atoms with E-state index in [0.717, 1.165) is 25.4 Å². The van der Waals surface area contributed by atoms with Crippen molar-refractivity contribution < 1.29 is 4.74 Å². The van der Waals surface area contributed by atoms with Gasteiger partial charge in [0.15, 0.2) is 0 Å². The summed E-state index contributed by atoms with van der Waals surface area (Å²) in [5, 5.41) is 0.